The fourth-order valence-corrected chi connectivity index (χ4v) is 1.98. The highest BCUT2D eigenvalue weighted by molar-refractivity contribution is 5.37. The first-order valence-corrected chi connectivity index (χ1v) is 5.67. The lowest BCUT2D eigenvalue weighted by molar-refractivity contribution is 0.601. The Morgan fingerprint density at radius 1 is 1.35 bits per heavy atom. The highest BCUT2D eigenvalue weighted by atomic mass is 19.1. The number of benzene rings is 1. The Hall–Kier alpha value is -1.68. The Morgan fingerprint density at radius 3 is 2.65 bits per heavy atom. The van der Waals surface area contributed by atoms with Gasteiger partial charge >= 0.3 is 0 Å². The molecule has 0 aliphatic rings. The van der Waals surface area contributed by atoms with Crippen LogP contribution in [-0.4, -0.2) is 9.78 Å². The number of nitrogens with zero attached hydrogens (tertiary/aromatic N) is 2. The molecule has 0 atom stereocenters. The average molecular weight is 233 g/mol. The number of para-hydroxylation sites is 1. The molecule has 2 N–H and O–H groups in total. The molecule has 0 radical (unpaired) electrons. The maximum Gasteiger partial charge on any atom is 0.148 e. The van der Waals surface area contributed by atoms with Crippen LogP contribution in [0.1, 0.15) is 31.0 Å². The molecular weight excluding hydrogens is 217 g/mol. The molecule has 0 amide bonds. The monoisotopic (exact) mass is 233 g/mol. The van der Waals surface area contributed by atoms with E-state index in [9.17, 15) is 4.39 Å². The third-order valence-electron chi connectivity index (χ3n) is 2.73. The predicted molar refractivity (Wildman–Crippen MR) is 65.5 cm³/mol. The van der Waals surface area contributed by atoms with E-state index < -0.39 is 0 Å². The summed E-state index contributed by atoms with van der Waals surface area (Å²) in [5.41, 5.74) is 8.07. The molecule has 0 saturated heterocycles. The topological polar surface area (TPSA) is 43.8 Å². The van der Waals surface area contributed by atoms with Gasteiger partial charge in [0.05, 0.1) is 11.9 Å². The largest absolute Gasteiger partial charge is 0.326 e. The van der Waals surface area contributed by atoms with Gasteiger partial charge in [-0.25, -0.2) is 9.07 Å². The molecule has 3 nitrogen and oxygen atoms in total. The van der Waals surface area contributed by atoms with E-state index >= 15 is 0 Å². The molecule has 0 spiro atoms. The highest BCUT2D eigenvalue weighted by Crippen LogP contribution is 2.23. The summed E-state index contributed by atoms with van der Waals surface area (Å²) in [4.78, 5) is 0. The zero-order valence-electron chi connectivity index (χ0n) is 10.0. The second-order valence-electron chi connectivity index (χ2n) is 4.28. The summed E-state index contributed by atoms with van der Waals surface area (Å²) >= 11 is 0. The van der Waals surface area contributed by atoms with Gasteiger partial charge in [0.2, 0.25) is 0 Å². The minimum absolute atomic E-state index is 0.246. The molecule has 0 aliphatic heterocycles. The molecule has 4 heteroatoms. The summed E-state index contributed by atoms with van der Waals surface area (Å²) in [6.07, 6.45) is 1.71. The molecule has 1 heterocycles. The summed E-state index contributed by atoms with van der Waals surface area (Å²) < 4.78 is 15.4. The first-order chi connectivity index (χ1) is 8.15. The van der Waals surface area contributed by atoms with Gasteiger partial charge in [0, 0.05) is 12.1 Å². The third-order valence-corrected chi connectivity index (χ3v) is 2.73. The molecule has 0 fully saturated rings. The zero-order chi connectivity index (χ0) is 12.4. The summed E-state index contributed by atoms with van der Waals surface area (Å²) in [6.45, 7) is 4.52. The number of hydrogen-bond acceptors (Lipinski definition) is 2. The maximum absolute atomic E-state index is 13.7. The standard InChI is InChI=1S/C13H16FN3/c1-9(2)13-10(7-15)8-16-17(13)12-6-4-3-5-11(12)14/h3-6,8-9H,7,15H2,1-2H3. The van der Waals surface area contributed by atoms with Gasteiger partial charge in [-0.2, -0.15) is 5.10 Å². The van der Waals surface area contributed by atoms with E-state index in [1.165, 1.54) is 6.07 Å². The first-order valence-electron chi connectivity index (χ1n) is 5.67. The van der Waals surface area contributed by atoms with Gasteiger partial charge < -0.3 is 5.73 Å². The van der Waals surface area contributed by atoms with E-state index in [4.69, 9.17) is 5.73 Å². The van der Waals surface area contributed by atoms with Crippen LogP contribution in [0.3, 0.4) is 0 Å². The van der Waals surface area contributed by atoms with Crippen LogP contribution >= 0.6 is 0 Å². The molecule has 2 rings (SSSR count). The summed E-state index contributed by atoms with van der Waals surface area (Å²) in [7, 11) is 0. The van der Waals surface area contributed by atoms with E-state index in [0.717, 1.165) is 11.3 Å². The lowest BCUT2D eigenvalue weighted by Gasteiger charge is -2.12. The molecule has 1 aromatic carbocycles. The normalized spacial score (nSPS) is 11.1. The maximum atomic E-state index is 13.7. The molecule has 0 bridgehead atoms. The predicted octanol–water partition coefficient (Wildman–Crippen LogP) is 2.59. The van der Waals surface area contributed by atoms with E-state index in [-0.39, 0.29) is 11.7 Å². The lowest BCUT2D eigenvalue weighted by atomic mass is 10.1. The van der Waals surface area contributed by atoms with Crippen molar-refractivity contribution in [3.05, 3.63) is 47.5 Å². The minimum Gasteiger partial charge on any atom is -0.326 e. The van der Waals surface area contributed by atoms with Crippen LogP contribution in [0, 0.1) is 5.82 Å². The van der Waals surface area contributed by atoms with Crippen molar-refractivity contribution in [2.75, 3.05) is 0 Å². The Kier molecular flexibility index (Phi) is 3.24. The van der Waals surface area contributed by atoms with Crippen molar-refractivity contribution in [2.24, 2.45) is 5.73 Å². The van der Waals surface area contributed by atoms with Crippen LogP contribution < -0.4 is 5.73 Å². The van der Waals surface area contributed by atoms with E-state index in [0.29, 0.717) is 12.2 Å². The van der Waals surface area contributed by atoms with Crippen LogP contribution in [0.5, 0.6) is 0 Å². The number of rotatable bonds is 3. The molecule has 0 saturated carbocycles. The van der Waals surface area contributed by atoms with Gasteiger partial charge in [-0.15, -0.1) is 0 Å². The van der Waals surface area contributed by atoms with E-state index in [2.05, 4.69) is 5.10 Å². The van der Waals surface area contributed by atoms with Gasteiger partial charge in [0.25, 0.3) is 0 Å². The summed E-state index contributed by atoms with van der Waals surface area (Å²) in [5, 5.41) is 4.24. The van der Waals surface area contributed by atoms with Crippen LogP contribution in [0.15, 0.2) is 30.5 Å². The van der Waals surface area contributed by atoms with Gasteiger partial charge in [0.1, 0.15) is 11.5 Å². The fraction of sp³-hybridized carbons (Fsp3) is 0.308. The van der Waals surface area contributed by atoms with Gasteiger partial charge in [-0.3, -0.25) is 0 Å². The van der Waals surface area contributed by atoms with Crippen molar-refractivity contribution in [3.63, 3.8) is 0 Å². The molecule has 90 valence electrons. The lowest BCUT2D eigenvalue weighted by Crippen LogP contribution is -2.08. The van der Waals surface area contributed by atoms with Gasteiger partial charge in [-0.1, -0.05) is 26.0 Å². The zero-order valence-corrected chi connectivity index (χ0v) is 10.0. The van der Waals surface area contributed by atoms with Crippen LogP contribution in [0.4, 0.5) is 4.39 Å². The molecule has 17 heavy (non-hydrogen) atoms. The Bertz CT molecular complexity index is 517. The molecule has 0 aliphatic carbocycles. The van der Waals surface area contributed by atoms with Crippen molar-refractivity contribution in [1.29, 1.82) is 0 Å². The SMILES string of the molecule is CC(C)c1c(CN)cnn1-c1ccccc1F. The first kappa shape index (κ1) is 11.8. The molecule has 0 unspecified atom stereocenters. The number of nitrogens with two attached hydrogens (primary N) is 1. The number of hydrogen-bond donors (Lipinski definition) is 1. The van der Waals surface area contributed by atoms with Crippen LogP contribution in [0.25, 0.3) is 5.69 Å². The number of halogens is 1. The van der Waals surface area contributed by atoms with Crippen molar-refractivity contribution in [2.45, 2.75) is 26.3 Å². The minimum atomic E-state index is -0.277. The summed E-state index contributed by atoms with van der Waals surface area (Å²) in [5.74, 6) is -0.0308. The van der Waals surface area contributed by atoms with E-state index in [1.54, 1.807) is 29.1 Å². The van der Waals surface area contributed by atoms with Gasteiger partial charge in [0.15, 0.2) is 0 Å². The highest BCUT2D eigenvalue weighted by Gasteiger charge is 2.16. The molecule has 2 aromatic rings. The van der Waals surface area contributed by atoms with Crippen LogP contribution in [-0.2, 0) is 6.54 Å². The molecule has 1 aromatic heterocycles. The molecular formula is C13H16FN3. The quantitative estimate of drug-likeness (QED) is 0.885. The second kappa shape index (κ2) is 4.67. The van der Waals surface area contributed by atoms with Crippen LogP contribution in [0.2, 0.25) is 0 Å². The van der Waals surface area contributed by atoms with Crippen molar-refractivity contribution >= 4 is 0 Å². The Labute approximate surface area is 100 Å². The van der Waals surface area contributed by atoms with E-state index in [1.807, 2.05) is 13.8 Å². The third kappa shape index (κ3) is 2.08. The Balaban J connectivity index is 2.60. The smallest absolute Gasteiger partial charge is 0.148 e. The average Bonchev–Trinajstić information content (AvgIpc) is 2.73. The van der Waals surface area contributed by atoms with Crippen molar-refractivity contribution < 1.29 is 4.39 Å². The summed E-state index contributed by atoms with van der Waals surface area (Å²) in [6, 6.07) is 6.62. The number of aromatic nitrogens is 2. The second-order valence-corrected chi connectivity index (χ2v) is 4.28. The fourth-order valence-electron chi connectivity index (χ4n) is 1.98. The van der Waals surface area contributed by atoms with Crippen molar-refractivity contribution in [1.82, 2.24) is 9.78 Å². The Morgan fingerprint density at radius 2 is 2.06 bits per heavy atom. The van der Waals surface area contributed by atoms with Crippen molar-refractivity contribution in [3.8, 4) is 5.69 Å². The van der Waals surface area contributed by atoms with Gasteiger partial charge in [-0.05, 0) is 18.1 Å².